The van der Waals surface area contributed by atoms with E-state index in [1.54, 1.807) is 10.9 Å². The molecule has 1 unspecified atom stereocenters. The van der Waals surface area contributed by atoms with Crippen LogP contribution in [-0.2, 0) is 11.3 Å². The average molecular weight is 449 g/mol. The lowest BCUT2D eigenvalue weighted by atomic mass is 10.1. The minimum atomic E-state index is -0.358. The lowest BCUT2D eigenvalue weighted by molar-refractivity contribution is -0.0231. The Kier molecular flexibility index (Phi) is 6.31. The van der Waals surface area contributed by atoms with E-state index in [9.17, 15) is 4.79 Å². The van der Waals surface area contributed by atoms with Gasteiger partial charge in [0.1, 0.15) is 11.5 Å². The number of amides is 1. The van der Waals surface area contributed by atoms with Crippen molar-refractivity contribution in [2.45, 2.75) is 51.9 Å². The predicted octanol–water partition coefficient (Wildman–Crippen LogP) is 4.85. The zero-order valence-corrected chi connectivity index (χ0v) is 19.1. The van der Waals surface area contributed by atoms with E-state index in [2.05, 4.69) is 41.1 Å². The van der Waals surface area contributed by atoms with Gasteiger partial charge in [-0.05, 0) is 57.4 Å². The van der Waals surface area contributed by atoms with Crippen LogP contribution in [-0.4, -0.2) is 32.4 Å². The van der Waals surface area contributed by atoms with E-state index in [1.807, 2.05) is 43.3 Å². The number of carbonyl (C=O) groups excluding carboxylic acids is 1. The third-order valence-corrected chi connectivity index (χ3v) is 5.65. The first kappa shape index (κ1) is 22.1. The molecule has 1 aliphatic rings. The van der Waals surface area contributed by atoms with Crippen molar-refractivity contribution in [3.8, 4) is 11.8 Å². The Morgan fingerprint density at radius 1 is 1.25 bits per heavy atom. The quantitative estimate of drug-likeness (QED) is 0.579. The second kappa shape index (κ2) is 9.15. The summed E-state index contributed by atoms with van der Waals surface area (Å²) in [4.78, 5) is 17.4. The molecule has 3 aromatic rings. The summed E-state index contributed by atoms with van der Waals surface area (Å²) in [6, 6.07) is 11.6. The molecule has 1 aromatic carbocycles. The van der Waals surface area contributed by atoms with Gasteiger partial charge in [-0.25, -0.2) is 4.98 Å². The highest BCUT2D eigenvalue weighted by molar-refractivity contribution is 6.34. The summed E-state index contributed by atoms with van der Waals surface area (Å²) in [5, 5.41) is 7.43. The van der Waals surface area contributed by atoms with E-state index < -0.39 is 0 Å². The summed E-state index contributed by atoms with van der Waals surface area (Å²) in [5.41, 5.74) is 2.65. The molecule has 1 N–H and O–H groups in total. The number of aromatic nitrogens is 3. The lowest BCUT2D eigenvalue weighted by Crippen LogP contribution is -2.26. The first-order chi connectivity index (χ1) is 15.3. The number of carbonyl (C=O) groups is 1. The maximum atomic E-state index is 13.0. The summed E-state index contributed by atoms with van der Waals surface area (Å²) in [6.45, 7) is 6.49. The second-order valence-electron chi connectivity index (χ2n) is 8.52. The van der Waals surface area contributed by atoms with E-state index in [-0.39, 0.29) is 17.6 Å². The van der Waals surface area contributed by atoms with Gasteiger partial charge in [-0.3, -0.25) is 9.48 Å². The van der Waals surface area contributed by atoms with Crippen molar-refractivity contribution in [3.05, 3.63) is 76.2 Å². The third kappa shape index (κ3) is 5.18. The number of nitrogens with one attached hydrogen (secondary N) is 1. The number of anilines is 1. The molecular formula is C25H25ClN4O2. The summed E-state index contributed by atoms with van der Waals surface area (Å²) in [5.74, 6) is 6.31. The molecule has 7 heteroatoms. The van der Waals surface area contributed by atoms with Crippen LogP contribution in [0.1, 0.15) is 53.9 Å². The van der Waals surface area contributed by atoms with Gasteiger partial charge in [0.2, 0.25) is 0 Å². The number of nitrogens with zero attached hydrogens (tertiary/aromatic N) is 3. The van der Waals surface area contributed by atoms with Crippen molar-refractivity contribution in [2.75, 3.05) is 5.32 Å². The van der Waals surface area contributed by atoms with Crippen molar-refractivity contribution in [1.82, 2.24) is 14.8 Å². The predicted molar refractivity (Wildman–Crippen MR) is 125 cm³/mol. The standard InChI is InChI=1S/C25H25ClN4O2/c1-17-13-19(10-9-18-7-5-4-6-8-18)14-27-23(17)29-24(31)22-21(26)15-28-30(22)16-20-11-12-25(2,3)32-20/h4-8,13-15,20H,11-12,16H2,1-3H3,(H,27,29,31). The number of hydrogen-bond acceptors (Lipinski definition) is 4. The molecule has 0 radical (unpaired) electrons. The Hall–Kier alpha value is -3.14. The number of hydrogen-bond donors (Lipinski definition) is 1. The first-order valence-electron chi connectivity index (χ1n) is 10.5. The fourth-order valence-electron chi connectivity index (χ4n) is 3.73. The van der Waals surface area contributed by atoms with Crippen LogP contribution in [0, 0.1) is 18.8 Å². The van der Waals surface area contributed by atoms with Gasteiger partial charge >= 0.3 is 0 Å². The van der Waals surface area contributed by atoms with Gasteiger partial charge in [0.25, 0.3) is 5.91 Å². The maximum Gasteiger partial charge on any atom is 0.276 e. The van der Waals surface area contributed by atoms with Crippen molar-refractivity contribution >= 4 is 23.3 Å². The average Bonchev–Trinajstić information content (AvgIpc) is 3.30. The van der Waals surface area contributed by atoms with E-state index in [4.69, 9.17) is 16.3 Å². The highest BCUT2D eigenvalue weighted by Gasteiger charge is 2.33. The summed E-state index contributed by atoms with van der Waals surface area (Å²) in [6.07, 6.45) is 5.01. The normalized spacial score (nSPS) is 16.9. The molecular weight excluding hydrogens is 424 g/mol. The number of benzene rings is 1. The molecule has 3 heterocycles. The summed E-state index contributed by atoms with van der Waals surface area (Å²) in [7, 11) is 0. The number of halogens is 1. The number of rotatable bonds is 4. The molecule has 1 fully saturated rings. The molecule has 6 nitrogen and oxygen atoms in total. The molecule has 4 rings (SSSR count). The molecule has 1 saturated heterocycles. The van der Waals surface area contributed by atoms with Crippen LogP contribution in [0.5, 0.6) is 0 Å². The molecule has 1 atom stereocenters. The number of ether oxygens (including phenoxy) is 1. The minimum absolute atomic E-state index is 0.00477. The Labute approximate surface area is 193 Å². The van der Waals surface area contributed by atoms with Crippen molar-refractivity contribution < 1.29 is 9.53 Å². The molecule has 0 saturated carbocycles. The Balaban J connectivity index is 1.48. The third-order valence-electron chi connectivity index (χ3n) is 5.38. The van der Waals surface area contributed by atoms with Crippen LogP contribution in [0.3, 0.4) is 0 Å². The molecule has 2 aromatic heterocycles. The van der Waals surface area contributed by atoms with E-state index >= 15 is 0 Å². The highest BCUT2D eigenvalue weighted by atomic mass is 35.5. The summed E-state index contributed by atoms with van der Waals surface area (Å²) >= 11 is 6.29. The Morgan fingerprint density at radius 3 is 2.69 bits per heavy atom. The van der Waals surface area contributed by atoms with Crippen LogP contribution in [0.4, 0.5) is 5.82 Å². The zero-order chi connectivity index (χ0) is 22.7. The fourth-order valence-corrected chi connectivity index (χ4v) is 3.96. The molecule has 0 aliphatic carbocycles. The van der Waals surface area contributed by atoms with Gasteiger partial charge in [-0.2, -0.15) is 5.10 Å². The van der Waals surface area contributed by atoms with Crippen LogP contribution in [0.25, 0.3) is 0 Å². The fraction of sp³-hybridized carbons (Fsp3) is 0.320. The SMILES string of the molecule is Cc1cc(C#Cc2ccccc2)cnc1NC(=O)c1c(Cl)cnn1CC1CCC(C)(C)O1. The van der Waals surface area contributed by atoms with Crippen molar-refractivity contribution in [2.24, 2.45) is 0 Å². The zero-order valence-electron chi connectivity index (χ0n) is 18.4. The van der Waals surface area contributed by atoms with Gasteiger partial charge in [0, 0.05) is 17.3 Å². The number of pyridine rings is 1. The molecule has 164 valence electrons. The topological polar surface area (TPSA) is 69.0 Å². The highest BCUT2D eigenvalue weighted by Crippen LogP contribution is 2.30. The maximum absolute atomic E-state index is 13.0. The van der Waals surface area contributed by atoms with E-state index in [1.165, 1.54) is 6.20 Å². The largest absolute Gasteiger partial charge is 0.370 e. The van der Waals surface area contributed by atoms with Crippen LogP contribution < -0.4 is 5.32 Å². The van der Waals surface area contributed by atoms with Crippen LogP contribution in [0.2, 0.25) is 5.02 Å². The van der Waals surface area contributed by atoms with E-state index in [0.717, 1.165) is 29.5 Å². The van der Waals surface area contributed by atoms with E-state index in [0.29, 0.717) is 23.1 Å². The van der Waals surface area contributed by atoms with Crippen LogP contribution in [0.15, 0.2) is 48.8 Å². The second-order valence-corrected chi connectivity index (χ2v) is 8.93. The van der Waals surface area contributed by atoms with Gasteiger partial charge in [-0.15, -0.1) is 0 Å². The molecule has 1 aliphatic heterocycles. The lowest BCUT2D eigenvalue weighted by Gasteiger charge is -2.19. The Morgan fingerprint density at radius 2 is 2.00 bits per heavy atom. The summed E-state index contributed by atoms with van der Waals surface area (Å²) < 4.78 is 7.65. The van der Waals surface area contributed by atoms with Gasteiger partial charge in [0.05, 0.1) is 29.5 Å². The monoisotopic (exact) mass is 448 g/mol. The van der Waals surface area contributed by atoms with Gasteiger partial charge in [-0.1, -0.05) is 41.6 Å². The van der Waals surface area contributed by atoms with Gasteiger partial charge < -0.3 is 10.1 Å². The first-order valence-corrected chi connectivity index (χ1v) is 10.9. The molecule has 1 amide bonds. The number of aryl methyl sites for hydroxylation is 1. The van der Waals surface area contributed by atoms with Crippen LogP contribution >= 0.6 is 11.6 Å². The molecule has 0 spiro atoms. The minimum Gasteiger partial charge on any atom is -0.370 e. The van der Waals surface area contributed by atoms with Crippen molar-refractivity contribution in [1.29, 1.82) is 0 Å². The smallest absolute Gasteiger partial charge is 0.276 e. The van der Waals surface area contributed by atoms with Gasteiger partial charge in [0.15, 0.2) is 0 Å². The Bertz CT molecular complexity index is 1190. The van der Waals surface area contributed by atoms with Crippen molar-refractivity contribution in [3.63, 3.8) is 0 Å². The molecule has 32 heavy (non-hydrogen) atoms. The molecule has 0 bridgehead atoms.